The molecule has 1 N–H and O–H groups in total. The molecule has 0 aliphatic carbocycles. The first-order valence-corrected chi connectivity index (χ1v) is 9.67. The van der Waals surface area contributed by atoms with Crippen LogP contribution in [0.4, 0.5) is 0 Å². The number of hydrogen-bond donors (Lipinski definition) is 1. The average Bonchev–Trinajstić information content (AvgIpc) is 2.80. The molecule has 0 aromatic heterocycles. The third-order valence-electron chi connectivity index (χ3n) is 3.75. The van der Waals surface area contributed by atoms with E-state index in [2.05, 4.69) is 4.72 Å². The van der Waals surface area contributed by atoms with Crippen LogP contribution in [0.25, 0.3) is 0 Å². The zero-order chi connectivity index (χ0) is 16.8. The van der Waals surface area contributed by atoms with Crippen molar-refractivity contribution in [1.82, 2.24) is 4.72 Å². The molecule has 0 radical (unpaired) electrons. The topological polar surface area (TPSA) is 64.6 Å². The maximum Gasteiger partial charge on any atom is 0.215 e. The molecule has 1 aliphatic heterocycles. The van der Waals surface area contributed by atoms with E-state index in [9.17, 15) is 8.42 Å². The fourth-order valence-electron chi connectivity index (χ4n) is 2.56. The predicted octanol–water partition coefficient (Wildman–Crippen LogP) is 2.51. The first kappa shape index (κ1) is 16.8. The first-order chi connectivity index (χ1) is 11.6. The Hall–Kier alpha value is -2.05. The van der Waals surface area contributed by atoms with E-state index >= 15 is 0 Å². The molecule has 0 fully saturated rings. The molecule has 128 valence electrons. The van der Waals surface area contributed by atoms with Crippen molar-refractivity contribution >= 4 is 10.0 Å². The minimum Gasteiger partial charge on any atom is -0.490 e. The lowest BCUT2D eigenvalue weighted by molar-refractivity contribution is 0.297. The van der Waals surface area contributed by atoms with Crippen molar-refractivity contribution in [2.75, 3.05) is 19.8 Å². The van der Waals surface area contributed by atoms with E-state index in [1.165, 1.54) is 0 Å². The Bertz CT molecular complexity index is 775. The summed E-state index contributed by atoms with van der Waals surface area (Å²) in [6.07, 6.45) is 1.47. The largest absolute Gasteiger partial charge is 0.490 e. The Balaban J connectivity index is 1.55. The second kappa shape index (κ2) is 7.68. The molecule has 0 unspecified atom stereocenters. The molecule has 5 nitrogen and oxygen atoms in total. The summed E-state index contributed by atoms with van der Waals surface area (Å²) >= 11 is 0. The number of sulfonamides is 1. The lowest BCUT2D eigenvalue weighted by Gasteiger charge is -2.10. The number of nitrogens with one attached hydrogen (secondary N) is 1. The fraction of sp³-hybridized carbons (Fsp3) is 0.333. The van der Waals surface area contributed by atoms with Gasteiger partial charge >= 0.3 is 0 Å². The molecular weight excluding hydrogens is 326 g/mol. The van der Waals surface area contributed by atoms with Crippen molar-refractivity contribution in [3.05, 3.63) is 59.7 Å². The highest BCUT2D eigenvalue weighted by Gasteiger charge is 2.13. The number of hydrogen-bond acceptors (Lipinski definition) is 4. The van der Waals surface area contributed by atoms with Gasteiger partial charge in [-0.1, -0.05) is 36.4 Å². The van der Waals surface area contributed by atoms with Crippen LogP contribution in [0.3, 0.4) is 0 Å². The molecular formula is C18H21NO4S. The molecule has 0 saturated carbocycles. The summed E-state index contributed by atoms with van der Waals surface area (Å²) in [6.45, 7) is 1.65. The minimum atomic E-state index is -3.33. The number of fused-ring (bicyclic) bond motifs is 1. The summed E-state index contributed by atoms with van der Waals surface area (Å²) in [5, 5.41) is 0. The van der Waals surface area contributed by atoms with Gasteiger partial charge < -0.3 is 9.47 Å². The van der Waals surface area contributed by atoms with Crippen LogP contribution in [0.2, 0.25) is 0 Å². The van der Waals surface area contributed by atoms with E-state index in [1.807, 2.05) is 48.5 Å². The van der Waals surface area contributed by atoms with E-state index in [1.54, 1.807) is 0 Å². The van der Waals surface area contributed by atoms with Crippen LogP contribution >= 0.6 is 0 Å². The van der Waals surface area contributed by atoms with Crippen molar-refractivity contribution in [3.63, 3.8) is 0 Å². The molecule has 3 rings (SSSR count). The SMILES string of the molecule is O=S(=O)(Cc1ccccc1)NCCc1ccc2c(c1)OCCCO2. The summed E-state index contributed by atoms with van der Waals surface area (Å²) < 4.78 is 38.1. The third kappa shape index (κ3) is 4.72. The van der Waals surface area contributed by atoms with E-state index in [0.717, 1.165) is 29.0 Å². The van der Waals surface area contributed by atoms with Crippen LogP contribution in [0.1, 0.15) is 17.5 Å². The van der Waals surface area contributed by atoms with Crippen molar-refractivity contribution in [3.8, 4) is 11.5 Å². The van der Waals surface area contributed by atoms with Gasteiger partial charge in [-0.2, -0.15) is 0 Å². The Morgan fingerprint density at radius 1 is 0.917 bits per heavy atom. The summed E-state index contributed by atoms with van der Waals surface area (Å²) in [7, 11) is -3.33. The van der Waals surface area contributed by atoms with Gasteiger partial charge in [0, 0.05) is 13.0 Å². The Morgan fingerprint density at radius 2 is 1.67 bits per heavy atom. The van der Waals surface area contributed by atoms with Crippen LogP contribution in [0.15, 0.2) is 48.5 Å². The highest BCUT2D eigenvalue weighted by Crippen LogP contribution is 2.30. The van der Waals surface area contributed by atoms with Crippen molar-refractivity contribution in [2.24, 2.45) is 0 Å². The average molecular weight is 347 g/mol. The number of ether oxygens (including phenoxy) is 2. The van der Waals surface area contributed by atoms with E-state index < -0.39 is 10.0 Å². The van der Waals surface area contributed by atoms with E-state index in [-0.39, 0.29) is 5.75 Å². The lowest BCUT2D eigenvalue weighted by Crippen LogP contribution is -2.27. The van der Waals surface area contributed by atoms with Gasteiger partial charge in [-0.05, 0) is 29.7 Å². The molecule has 2 aromatic rings. The summed E-state index contributed by atoms with van der Waals surface area (Å²) in [5.41, 5.74) is 1.79. The fourth-order valence-corrected chi connectivity index (χ4v) is 3.71. The zero-order valence-electron chi connectivity index (χ0n) is 13.4. The summed E-state index contributed by atoms with van der Waals surface area (Å²) in [5.74, 6) is 1.48. The molecule has 6 heteroatoms. The number of rotatable bonds is 6. The molecule has 1 heterocycles. The van der Waals surface area contributed by atoms with E-state index in [4.69, 9.17) is 9.47 Å². The number of benzene rings is 2. The minimum absolute atomic E-state index is 0.00498. The molecule has 0 bridgehead atoms. The first-order valence-electron chi connectivity index (χ1n) is 8.02. The molecule has 0 spiro atoms. The van der Waals surface area contributed by atoms with Crippen molar-refractivity contribution in [2.45, 2.75) is 18.6 Å². The third-order valence-corrected chi connectivity index (χ3v) is 5.10. The predicted molar refractivity (Wildman–Crippen MR) is 92.8 cm³/mol. The maximum absolute atomic E-state index is 12.1. The molecule has 0 atom stereocenters. The standard InChI is InChI=1S/C18H21NO4S/c20-24(21,14-16-5-2-1-3-6-16)19-10-9-15-7-8-17-18(13-15)23-12-4-11-22-17/h1-3,5-8,13,19H,4,9-12,14H2. The van der Waals surface area contributed by atoms with Gasteiger partial charge in [0.1, 0.15) is 0 Å². The highest BCUT2D eigenvalue weighted by molar-refractivity contribution is 7.88. The highest BCUT2D eigenvalue weighted by atomic mass is 32.2. The van der Waals surface area contributed by atoms with Gasteiger partial charge in [0.25, 0.3) is 0 Å². The lowest BCUT2D eigenvalue weighted by atomic mass is 10.1. The van der Waals surface area contributed by atoms with Crippen LogP contribution in [0, 0.1) is 0 Å². The van der Waals surface area contributed by atoms with Crippen LogP contribution < -0.4 is 14.2 Å². The Kier molecular flexibility index (Phi) is 5.37. The van der Waals surface area contributed by atoms with Gasteiger partial charge in [-0.3, -0.25) is 0 Å². The van der Waals surface area contributed by atoms with Gasteiger partial charge in [0.15, 0.2) is 11.5 Å². The van der Waals surface area contributed by atoms with Crippen molar-refractivity contribution in [1.29, 1.82) is 0 Å². The normalized spacial score (nSPS) is 14.2. The maximum atomic E-state index is 12.1. The Labute approximate surface area is 142 Å². The second-order valence-corrected chi connectivity index (χ2v) is 7.53. The van der Waals surface area contributed by atoms with Crippen LogP contribution in [-0.4, -0.2) is 28.2 Å². The van der Waals surface area contributed by atoms with Gasteiger partial charge in [0.05, 0.1) is 19.0 Å². The molecule has 1 aliphatic rings. The van der Waals surface area contributed by atoms with Crippen molar-refractivity contribution < 1.29 is 17.9 Å². The molecule has 0 saturated heterocycles. The Morgan fingerprint density at radius 3 is 2.46 bits per heavy atom. The van der Waals surface area contributed by atoms with Gasteiger partial charge in [-0.25, -0.2) is 13.1 Å². The summed E-state index contributed by atoms with van der Waals surface area (Å²) in [6, 6.07) is 14.9. The van der Waals surface area contributed by atoms with E-state index in [0.29, 0.717) is 26.2 Å². The smallest absolute Gasteiger partial charge is 0.215 e. The van der Waals surface area contributed by atoms with Gasteiger partial charge in [0.2, 0.25) is 10.0 Å². The molecule has 24 heavy (non-hydrogen) atoms. The zero-order valence-corrected chi connectivity index (χ0v) is 14.2. The van der Waals surface area contributed by atoms with Crippen LogP contribution in [-0.2, 0) is 22.2 Å². The molecule has 0 amide bonds. The van der Waals surface area contributed by atoms with Crippen LogP contribution in [0.5, 0.6) is 11.5 Å². The monoisotopic (exact) mass is 347 g/mol. The summed E-state index contributed by atoms with van der Waals surface area (Å²) in [4.78, 5) is 0. The molecule has 2 aromatic carbocycles. The quantitative estimate of drug-likeness (QED) is 0.872. The second-order valence-electron chi connectivity index (χ2n) is 5.72. The van der Waals surface area contributed by atoms with Gasteiger partial charge in [-0.15, -0.1) is 0 Å².